The molecule has 1 amide bonds. The maximum Gasteiger partial charge on any atom is 0.234 e. The Morgan fingerprint density at radius 2 is 1.67 bits per heavy atom. The molecule has 4 aromatic rings. The van der Waals surface area contributed by atoms with E-state index in [9.17, 15) is 4.79 Å². The van der Waals surface area contributed by atoms with Gasteiger partial charge in [-0.05, 0) is 30.7 Å². The number of thioether (sulfide) groups is 1. The Labute approximate surface area is 179 Å². The number of nitrogens with zero attached hydrogens (tertiary/aromatic N) is 4. The lowest BCUT2D eigenvalue weighted by atomic mass is 10.1. The molecule has 0 aliphatic heterocycles. The summed E-state index contributed by atoms with van der Waals surface area (Å²) in [7, 11) is 0. The lowest BCUT2D eigenvalue weighted by Crippen LogP contribution is -2.14. The molecule has 2 aromatic heterocycles. The molecule has 0 atom stereocenters. The molecule has 2 aromatic carbocycles. The topological polar surface area (TPSA) is 72.7 Å². The summed E-state index contributed by atoms with van der Waals surface area (Å²) in [4.78, 5) is 16.8. The molecular weight excluding hydrogens is 394 g/mol. The maximum atomic E-state index is 12.2. The van der Waals surface area contributed by atoms with Crippen LogP contribution in [0.3, 0.4) is 0 Å². The first-order valence-electron chi connectivity index (χ1n) is 9.67. The first-order valence-corrected chi connectivity index (χ1v) is 10.7. The Balaban J connectivity index is 1.46. The molecule has 4 rings (SSSR count). The third kappa shape index (κ3) is 4.58. The molecule has 7 heteroatoms. The number of anilines is 1. The average Bonchev–Trinajstić information content (AvgIpc) is 3.22. The van der Waals surface area contributed by atoms with Crippen LogP contribution in [0.1, 0.15) is 6.92 Å². The fourth-order valence-electron chi connectivity index (χ4n) is 3.05. The minimum atomic E-state index is -0.0799. The minimum Gasteiger partial charge on any atom is -0.325 e. The van der Waals surface area contributed by atoms with Crippen molar-refractivity contribution in [3.63, 3.8) is 0 Å². The highest BCUT2D eigenvalue weighted by atomic mass is 32.2. The maximum absolute atomic E-state index is 12.2. The predicted octanol–water partition coefficient (Wildman–Crippen LogP) is 4.76. The minimum absolute atomic E-state index is 0.0799. The lowest BCUT2D eigenvalue weighted by molar-refractivity contribution is -0.113. The zero-order chi connectivity index (χ0) is 20.8. The van der Waals surface area contributed by atoms with Gasteiger partial charge in [0.05, 0.1) is 5.75 Å². The van der Waals surface area contributed by atoms with Crippen LogP contribution in [0.25, 0.3) is 22.6 Å². The van der Waals surface area contributed by atoms with Gasteiger partial charge in [-0.2, -0.15) is 0 Å². The van der Waals surface area contributed by atoms with Crippen LogP contribution in [0, 0.1) is 0 Å². The van der Waals surface area contributed by atoms with Crippen LogP contribution in [0.15, 0.2) is 84.1 Å². The molecule has 0 saturated carbocycles. The van der Waals surface area contributed by atoms with Gasteiger partial charge >= 0.3 is 0 Å². The summed E-state index contributed by atoms with van der Waals surface area (Å²) in [5.41, 5.74) is 3.70. The molecule has 0 spiro atoms. The van der Waals surface area contributed by atoms with Gasteiger partial charge in [0, 0.05) is 24.0 Å². The van der Waals surface area contributed by atoms with Crippen LogP contribution in [-0.4, -0.2) is 31.4 Å². The number of aromatic nitrogens is 4. The molecular formula is C23H21N5OS. The van der Waals surface area contributed by atoms with Gasteiger partial charge < -0.3 is 9.88 Å². The molecule has 0 unspecified atom stereocenters. The summed E-state index contributed by atoms with van der Waals surface area (Å²) < 4.78 is 1.98. The Bertz CT molecular complexity index is 1110. The van der Waals surface area contributed by atoms with E-state index in [2.05, 4.69) is 32.6 Å². The van der Waals surface area contributed by atoms with E-state index in [0.29, 0.717) is 17.5 Å². The number of hydrogen-bond donors (Lipinski definition) is 1. The zero-order valence-electron chi connectivity index (χ0n) is 16.5. The second-order valence-electron chi connectivity index (χ2n) is 6.55. The van der Waals surface area contributed by atoms with Gasteiger partial charge in [0.1, 0.15) is 5.69 Å². The van der Waals surface area contributed by atoms with E-state index >= 15 is 0 Å². The van der Waals surface area contributed by atoms with Gasteiger partial charge in [-0.1, -0.05) is 66.4 Å². The zero-order valence-corrected chi connectivity index (χ0v) is 17.3. The van der Waals surface area contributed by atoms with Gasteiger partial charge in [0.15, 0.2) is 11.0 Å². The van der Waals surface area contributed by atoms with Gasteiger partial charge in [-0.3, -0.25) is 9.78 Å². The quantitative estimate of drug-likeness (QED) is 0.441. The number of rotatable bonds is 7. The number of amides is 1. The highest BCUT2D eigenvalue weighted by molar-refractivity contribution is 7.99. The van der Waals surface area contributed by atoms with Crippen molar-refractivity contribution in [2.45, 2.75) is 18.6 Å². The summed E-state index contributed by atoms with van der Waals surface area (Å²) in [6, 6.07) is 23.5. The second kappa shape index (κ2) is 9.37. The predicted molar refractivity (Wildman–Crippen MR) is 120 cm³/mol. The van der Waals surface area contributed by atoms with Crippen molar-refractivity contribution in [2.24, 2.45) is 0 Å². The van der Waals surface area contributed by atoms with E-state index in [-0.39, 0.29) is 11.7 Å². The monoisotopic (exact) mass is 415 g/mol. The Morgan fingerprint density at radius 1 is 0.933 bits per heavy atom. The van der Waals surface area contributed by atoms with Gasteiger partial charge in [0.25, 0.3) is 0 Å². The van der Waals surface area contributed by atoms with Crippen molar-refractivity contribution in [1.29, 1.82) is 0 Å². The molecule has 0 saturated heterocycles. The molecule has 0 aliphatic carbocycles. The summed E-state index contributed by atoms with van der Waals surface area (Å²) in [5, 5.41) is 12.2. The van der Waals surface area contributed by atoms with Crippen LogP contribution in [-0.2, 0) is 11.3 Å². The molecule has 0 bridgehead atoms. The molecule has 0 radical (unpaired) electrons. The van der Waals surface area contributed by atoms with E-state index in [1.54, 1.807) is 0 Å². The number of para-hydroxylation sites is 1. The third-order valence-electron chi connectivity index (χ3n) is 4.52. The molecule has 0 aliphatic rings. The Hall–Kier alpha value is -3.45. The van der Waals surface area contributed by atoms with Crippen LogP contribution < -0.4 is 5.32 Å². The number of hydrogen-bond acceptors (Lipinski definition) is 5. The highest BCUT2D eigenvalue weighted by Crippen LogP contribution is 2.25. The number of carbonyl (C=O) groups excluding carboxylic acids is 1. The standard InChI is InChI=1S/C23H21N5OS/c1-2-28-22(20-14-13-18(15-24-20)17-9-5-3-6-10-17)26-27-23(28)30-16-21(29)25-19-11-7-4-8-12-19/h3-15H,2,16H2,1H3,(H,25,29). The summed E-state index contributed by atoms with van der Waals surface area (Å²) in [6.07, 6.45) is 1.85. The van der Waals surface area contributed by atoms with Crippen molar-refractivity contribution in [2.75, 3.05) is 11.1 Å². The first-order chi connectivity index (χ1) is 14.7. The summed E-state index contributed by atoms with van der Waals surface area (Å²) in [6.45, 7) is 2.71. The van der Waals surface area contributed by atoms with Gasteiger partial charge in [-0.25, -0.2) is 0 Å². The highest BCUT2D eigenvalue weighted by Gasteiger charge is 2.15. The summed E-state index contributed by atoms with van der Waals surface area (Å²) in [5.74, 6) is 0.875. The fourth-order valence-corrected chi connectivity index (χ4v) is 3.85. The van der Waals surface area contributed by atoms with Crippen molar-refractivity contribution in [3.05, 3.63) is 79.0 Å². The van der Waals surface area contributed by atoms with Crippen LogP contribution >= 0.6 is 11.8 Å². The smallest absolute Gasteiger partial charge is 0.234 e. The molecule has 6 nitrogen and oxygen atoms in total. The second-order valence-corrected chi connectivity index (χ2v) is 7.49. The summed E-state index contributed by atoms with van der Waals surface area (Å²) >= 11 is 1.36. The van der Waals surface area contributed by atoms with E-state index < -0.39 is 0 Å². The molecule has 0 fully saturated rings. The van der Waals surface area contributed by atoms with E-state index in [4.69, 9.17) is 0 Å². The molecule has 150 valence electrons. The van der Waals surface area contributed by atoms with E-state index in [1.165, 1.54) is 11.8 Å². The van der Waals surface area contributed by atoms with Crippen molar-refractivity contribution < 1.29 is 4.79 Å². The molecule has 2 heterocycles. The van der Waals surface area contributed by atoms with Crippen molar-refractivity contribution in [3.8, 4) is 22.6 Å². The number of pyridine rings is 1. The van der Waals surface area contributed by atoms with Crippen LogP contribution in [0.2, 0.25) is 0 Å². The van der Waals surface area contributed by atoms with Gasteiger partial charge in [0.2, 0.25) is 5.91 Å². The Kier molecular flexibility index (Phi) is 6.20. The Morgan fingerprint density at radius 3 is 2.33 bits per heavy atom. The van der Waals surface area contributed by atoms with Gasteiger partial charge in [-0.15, -0.1) is 10.2 Å². The molecule has 30 heavy (non-hydrogen) atoms. The SMILES string of the molecule is CCn1c(SCC(=O)Nc2ccccc2)nnc1-c1ccc(-c2ccccc2)cn1. The van der Waals surface area contributed by atoms with Crippen molar-refractivity contribution >= 4 is 23.4 Å². The average molecular weight is 416 g/mol. The number of nitrogens with one attached hydrogen (secondary N) is 1. The molecule has 1 N–H and O–H groups in total. The van der Waals surface area contributed by atoms with Crippen LogP contribution in [0.4, 0.5) is 5.69 Å². The first kappa shape index (κ1) is 19.8. The lowest BCUT2D eigenvalue weighted by Gasteiger charge is -2.08. The number of benzene rings is 2. The largest absolute Gasteiger partial charge is 0.325 e. The van der Waals surface area contributed by atoms with Crippen LogP contribution in [0.5, 0.6) is 0 Å². The van der Waals surface area contributed by atoms with Crippen molar-refractivity contribution in [1.82, 2.24) is 19.7 Å². The fraction of sp³-hybridized carbons (Fsp3) is 0.130. The van der Waals surface area contributed by atoms with E-state index in [1.807, 2.05) is 78.4 Å². The number of carbonyl (C=O) groups is 1. The van der Waals surface area contributed by atoms with E-state index in [0.717, 1.165) is 22.5 Å². The normalized spacial score (nSPS) is 10.7. The third-order valence-corrected chi connectivity index (χ3v) is 5.49.